The molecular formula is C20H26FN5O. The van der Waals surface area contributed by atoms with Gasteiger partial charge in [0.15, 0.2) is 0 Å². The molecule has 7 heteroatoms. The van der Waals surface area contributed by atoms with Gasteiger partial charge in [0.1, 0.15) is 23.7 Å². The minimum Gasteiger partial charge on any atom is -0.370 e. The van der Waals surface area contributed by atoms with Crippen molar-refractivity contribution in [3.63, 3.8) is 0 Å². The molecule has 6 nitrogen and oxygen atoms in total. The van der Waals surface area contributed by atoms with Crippen LogP contribution >= 0.6 is 0 Å². The monoisotopic (exact) mass is 371 g/mol. The van der Waals surface area contributed by atoms with Gasteiger partial charge in [-0.05, 0) is 36.6 Å². The second-order valence-corrected chi connectivity index (χ2v) is 7.15. The zero-order valence-electron chi connectivity index (χ0n) is 15.9. The lowest BCUT2D eigenvalue weighted by Gasteiger charge is -2.36. The average Bonchev–Trinajstić information content (AvgIpc) is 2.68. The first-order valence-electron chi connectivity index (χ1n) is 9.38. The van der Waals surface area contributed by atoms with Crippen LogP contribution in [0.5, 0.6) is 0 Å². The summed E-state index contributed by atoms with van der Waals surface area (Å²) in [6.45, 7) is 7.79. The van der Waals surface area contributed by atoms with Crippen molar-refractivity contribution in [3.05, 3.63) is 48.2 Å². The van der Waals surface area contributed by atoms with Crippen LogP contribution in [0.4, 0.5) is 15.9 Å². The van der Waals surface area contributed by atoms with Gasteiger partial charge < -0.3 is 15.1 Å². The van der Waals surface area contributed by atoms with E-state index >= 15 is 0 Å². The van der Waals surface area contributed by atoms with Gasteiger partial charge in [0, 0.05) is 44.5 Å². The number of amides is 1. The number of benzene rings is 1. The molecule has 1 fully saturated rings. The summed E-state index contributed by atoms with van der Waals surface area (Å²) in [5.41, 5.74) is 1.38. The Kier molecular flexibility index (Phi) is 6.21. The Hall–Kier alpha value is -2.70. The van der Waals surface area contributed by atoms with Crippen LogP contribution < -0.4 is 10.2 Å². The van der Waals surface area contributed by atoms with Crippen LogP contribution in [-0.2, 0) is 0 Å². The normalized spacial score (nSPS) is 14.5. The molecule has 0 unspecified atom stereocenters. The van der Waals surface area contributed by atoms with E-state index in [1.807, 2.05) is 0 Å². The number of piperazine rings is 1. The fourth-order valence-corrected chi connectivity index (χ4v) is 3.04. The zero-order valence-corrected chi connectivity index (χ0v) is 15.9. The quantitative estimate of drug-likeness (QED) is 0.846. The van der Waals surface area contributed by atoms with Crippen LogP contribution in [0.25, 0.3) is 0 Å². The van der Waals surface area contributed by atoms with Crippen molar-refractivity contribution in [1.29, 1.82) is 0 Å². The summed E-state index contributed by atoms with van der Waals surface area (Å²) in [5, 5.41) is 3.25. The van der Waals surface area contributed by atoms with Crippen molar-refractivity contribution in [2.45, 2.75) is 20.3 Å². The Balaban J connectivity index is 1.56. The average molecular weight is 371 g/mol. The summed E-state index contributed by atoms with van der Waals surface area (Å²) in [7, 11) is 0. The standard InChI is InChI=1S/C20H26FN5O/c1-15(2)7-8-22-19-13-18(23-14-24-19)20(27)26-11-9-25(10-12-26)17-5-3-16(21)4-6-17/h3-6,13-15H,7-12H2,1-2H3,(H,22,23,24). The van der Waals surface area contributed by atoms with E-state index in [0.29, 0.717) is 43.6 Å². The molecule has 0 atom stereocenters. The smallest absolute Gasteiger partial charge is 0.272 e. The molecule has 0 aliphatic carbocycles. The fourth-order valence-electron chi connectivity index (χ4n) is 3.04. The van der Waals surface area contributed by atoms with Gasteiger partial charge in [-0.25, -0.2) is 14.4 Å². The highest BCUT2D eigenvalue weighted by molar-refractivity contribution is 5.93. The first-order chi connectivity index (χ1) is 13.0. The van der Waals surface area contributed by atoms with E-state index in [0.717, 1.165) is 18.7 Å². The molecule has 1 aromatic carbocycles. The Labute approximate surface area is 159 Å². The predicted octanol–water partition coefficient (Wildman–Crippen LogP) is 3.04. The third-order valence-electron chi connectivity index (χ3n) is 4.67. The van der Waals surface area contributed by atoms with Gasteiger partial charge in [0.25, 0.3) is 5.91 Å². The van der Waals surface area contributed by atoms with Crippen LogP contribution in [-0.4, -0.2) is 53.5 Å². The first kappa shape index (κ1) is 19.1. The summed E-state index contributed by atoms with van der Waals surface area (Å²) >= 11 is 0. The lowest BCUT2D eigenvalue weighted by atomic mass is 10.1. The van der Waals surface area contributed by atoms with Gasteiger partial charge >= 0.3 is 0 Å². The third-order valence-corrected chi connectivity index (χ3v) is 4.67. The lowest BCUT2D eigenvalue weighted by molar-refractivity contribution is 0.0740. The molecule has 3 rings (SSSR count). The van der Waals surface area contributed by atoms with Gasteiger partial charge in [0.2, 0.25) is 0 Å². The zero-order chi connectivity index (χ0) is 19.2. The van der Waals surface area contributed by atoms with Crippen molar-refractivity contribution < 1.29 is 9.18 Å². The SMILES string of the molecule is CC(C)CCNc1cc(C(=O)N2CCN(c3ccc(F)cc3)CC2)ncn1. The van der Waals surface area contributed by atoms with Crippen molar-refractivity contribution in [1.82, 2.24) is 14.9 Å². The number of rotatable bonds is 6. The number of aromatic nitrogens is 2. The number of carbonyl (C=O) groups excluding carboxylic acids is 1. The molecule has 2 aromatic rings. The molecule has 0 saturated carbocycles. The first-order valence-corrected chi connectivity index (χ1v) is 9.38. The molecule has 1 aliphatic rings. The van der Waals surface area contributed by atoms with E-state index in [1.165, 1.54) is 18.5 Å². The summed E-state index contributed by atoms with van der Waals surface area (Å²) in [6.07, 6.45) is 2.47. The number of nitrogens with zero attached hydrogens (tertiary/aromatic N) is 4. The van der Waals surface area contributed by atoms with E-state index in [-0.39, 0.29) is 11.7 Å². The maximum absolute atomic E-state index is 13.1. The van der Waals surface area contributed by atoms with Crippen molar-refractivity contribution >= 4 is 17.4 Å². The molecule has 1 N–H and O–H groups in total. The molecule has 0 bridgehead atoms. The molecule has 144 valence electrons. The number of nitrogens with one attached hydrogen (secondary N) is 1. The number of hydrogen-bond donors (Lipinski definition) is 1. The minimum atomic E-state index is -0.242. The molecule has 1 aromatic heterocycles. The summed E-state index contributed by atoms with van der Waals surface area (Å²) < 4.78 is 13.1. The van der Waals surface area contributed by atoms with Crippen LogP contribution in [0, 0.1) is 11.7 Å². The Bertz CT molecular complexity index is 757. The number of hydrogen-bond acceptors (Lipinski definition) is 5. The molecular weight excluding hydrogens is 345 g/mol. The Morgan fingerprint density at radius 2 is 1.85 bits per heavy atom. The predicted molar refractivity (Wildman–Crippen MR) is 104 cm³/mol. The topological polar surface area (TPSA) is 61.4 Å². The van der Waals surface area contributed by atoms with Crippen LogP contribution in [0.15, 0.2) is 36.7 Å². The van der Waals surface area contributed by atoms with Gasteiger partial charge in [-0.1, -0.05) is 13.8 Å². The van der Waals surface area contributed by atoms with Gasteiger partial charge in [-0.3, -0.25) is 4.79 Å². The Morgan fingerprint density at radius 1 is 1.15 bits per heavy atom. The van der Waals surface area contributed by atoms with E-state index in [2.05, 4.69) is 34.0 Å². The van der Waals surface area contributed by atoms with Crippen LogP contribution in [0.3, 0.4) is 0 Å². The van der Waals surface area contributed by atoms with Crippen molar-refractivity contribution in [2.24, 2.45) is 5.92 Å². The maximum atomic E-state index is 13.1. The molecule has 1 amide bonds. The fraction of sp³-hybridized carbons (Fsp3) is 0.450. The molecule has 1 aliphatic heterocycles. The maximum Gasteiger partial charge on any atom is 0.272 e. The number of anilines is 2. The van der Waals surface area contributed by atoms with Gasteiger partial charge in [-0.2, -0.15) is 0 Å². The largest absolute Gasteiger partial charge is 0.370 e. The summed E-state index contributed by atoms with van der Waals surface area (Å²) in [4.78, 5) is 25.1. The van der Waals surface area contributed by atoms with E-state index in [4.69, 9.17) is 0 Å². The van der Waals surface area contributed by atoms with Crippen LogP contribution in [0.2, 0.25) is 0 Å². The van der Waals surface area contributed by atoms with E-state index < -0.39 is 0 Å². The van der Waals surface area contributed by atoms with Gasteiger partial charge in [0.05, 0.1) is 0 Å². The molecule has 0 spiro atoms. The highest BCUT2D eigenvalue weighted by Gasteiger charge is 2.23. The second-order valence-electron chi connectivity index (χ2n) is 7.15. The number of halogens is 1. The van der Waals surface area contributed by atoms with Gasteiger partial charge in [-0.15, -0.1) is 0 Å². The van der Waals surface area contributed by atoms with Crippen molar-refractivity contribution in [2.75, 3.05) is 42.9 Å². The number of carbonyl (C=O) groups is 1. The van der Waals surface area contributed by atoms with E-state index in [9.17, 15) is 9.18 Å². The minimum absolute atomic E-state index is 0.0805. The second kappa shape index (κ2) is 8.79. The van der Waals surface area contributed by atoms with Crippen LogP contribution in [0.1, 0.15) is 30.8 Å². The van der Waals surface area contributed by atoms with Crippen molar-refractivity contribution in [3.8, 4) is 0 Å². The summed E-state index contributed by atoms with van der Waals surface area (Å²) in [5.74, 6) is 0.967. The Morgan fingerprint density at radius 3 is 2.52 bits per heavy atom. The summed E-state index contributed by atoms with van der Waals surface area (Å²) in [6, 6.07) is 8.18. The molecule has 27 heavy (non-hydrogen) atoms. The molecule has 1 saturated heterocycles. The highest BCUT2D eigenvalue weighted by Crippen LogP contribution is 2.18. The third kappa shape index (κ3) is 5.15. The van der Waals surface area contributed by atoms with E-state index in [1.54, 1.807) is 23.1 Å². The molecule has 0 radical (unpaired) electrons. The highest BCUT2D eigenvalue weighted by atomic mass is 19.1. The lowest BCUT2D eigenvalue weighted by Crippen LogP contribution is -2.49. The molecule has 2 heterocycles.